The van der Waals surface area contributed by atoms with Crippen LogP contribution in [0.5, 0.6) is 11.5 Å². The van der Waals surface area contributed by atoms with E-state index in [1.807, 2.05) is 6.92 Å². The van der Waals surface area contributed by atoms with Gasteiger partial charge < -0.3 is 20.1 Å². The van der Waals surface area contributed by atoms with Crippen molar-refractivity contribution in [3.8, 4) is 11.5 Å². The monoisotopic (exact) mass is 413 g/mol. The third kappa shape index (κ3) is 5.38. The third-order valence-corrected chi connectivity index (χ3v) is 4.04. The van der Waals surface area contributed by atoms with Gasteiger partial charge in [-0.15, -0.1) is 0 Å². The number of amides is 2. The fourth-order valence-corrected chi connectivity index (χ4v) is 2.74. The SMILES string of the molecule is CCOc1c(Cl)cc(CNC(=O)Nc2ccc([N+](=O)[O-])cc2Cl)cc1OC. The zero-order chi connectivity index (χ0) is 20.0. The minimum atomic E-state index is -0.571. The van der Waals surface area contributed by atoms with Crippen molar-refractivity contribution < 1.29 is 19.2 Å². The number of carbonyl (C=O) groups is 1. The number of benzene rings is 2. The van der Waals surface area contributed by atoms with E-state index in [1.165, 1.54) is 19.2 Å². The Labute approximate surface area is 165 Å². The number of nitro groups is 1. The summed E-state index contributed by atoms with van der Waals surface area (Å²) in [7, 11) is 1.49. The second-order valence-electron chi connectivity index (χ2n) is 5.27. The van der Waals surface area contributed by atoms with Gasteiger partial charge in [0.2, 0.25) is 0 Å². The predicted octanol–water partition coefficient (Wildman–Crippen LogP) is 4.63. The molecule has 0 aliphatic rings. The zero-order valence-corrected chi connectivity index (χ0v) is 16.1. The maximum atomic E-state index is 12.1. The predicted molar refractivity (Wildman–Crippen MR) is 103 cm³/mol. The summed E-state index contributed by atoms with van der Waals surface area (Å²) in [4.78, 5) is 22.2. The molecule has 2 amide bonds. The number of methoxy groups -OCH3 is 1. The lowest BCUT2D eigenvalue weighted by atomic mass is 10.2. The van der Waals surface area contributed by atoms with Crippen LogP contribution in [0, 0.1) is 10.1 Å². The van der Waals surface area contributed by atoms with Gasteiger partial charge in [0.05, 0.1) is 34.4 Å². The molecule has 0 saturated heterocycles. The Kier molecular flexibility index (Phi) is 7.09. The van der Waals surface area contributed by atoms with Crippen LogP contribution < -0.4 is 20.1 Å². The van der Waals surface area contributed by atoms with Gasteiger partial charge in [-0.05, 0) is 30.7 Å². The molecule has 8 nitrogen and oxygen atoms in total. The summed E-state index contributed by atoms with van der Waals surface area (Å²) in [5, 5.41) is 16.3. The third-order valence-electron chi connectivity index (χ3n) is 3.44. The van der Waals surface area contributed by atoms with Crippen molar-refractivity contribution in [1.82, 2.24) is 5.32 Å². The number of nitro benzene ring substituents is 1. The molecule has 2 aromatic carbocycles. The number of hydrogen-bond acceptors (Lipinski definition) is 5. The van der Waals surface area contributed by atoms with Crippen LogP contribution in [0.3, 0.4) is 0 Å². The summed E-state index contributed by atoms with van der Waals surface area (Å²) >= 11 is 12.1. The fraction of sp³-hybridized carbons (Fsp3) is 0.235. The van der Waals surface area contributed by atoms with Gasteiger partial charge in [-0.25, -0.2) is 4.79 Å². The average Bonchev–Trinajstić information content (AvgIpc) is 2.63. The Hall–Kier alpha value is -2.71. The molecule has 27 heavy (non-hydrogen) atoms. The highest BCUT2D eigenvalue weighted by Crippen LogP contribution is 2.36. The molecule has 10 heteroatoms. The van der Waals surface area contributed by atoms with Crippen molar-refractivity contribution in [1.29, 1.82) is 0 Å². The van der Waals surface area contributed by atoms with E-state index < -0.39 is 11.0 Å². The smallest absolute Gasteiger partial charge is 0.319 e. The number of hydrogen-bond donors (Lipinski definition) is 2. The average molecular weight is 414 g/mol. The number of halogens is 2. The number of urea groups is 1. The highest BCUT2D eigenvalue weighted by Gasteiger charge is 2.14. The van der Waals surface area contributed by atoms with E-state index in [0.29, 0.717) is 28.7 Å². The Bertz CT molecular complexity index is 861. The van der Waals surface area contributed by atoms with E-state index in [2.05, 4.69) is 10.6 Å². The first kappa shape index (κ1) is 20.6. The van der Waals surface area contributed by atoms with E-state index in [-0.39, 0.29) is 22.9 Å². The van der Waals surface area contributed by atoms with Crippen LogP contribution in [0.2, 0.25) is 10.0 Å². The Morgan fingerprint density at radius 1 is 1.22 bits per heavy atom. The van der Waals surface area contributed by atoms with Crippen LogP contribution in [0.25, 0.3) is 0 Å². The summed E-state index contributed by atoms with van der Waals surface area (Å²) in [6.07, 6.45) is 0. The summed E-state index contributed by atoms with van der Waals surface area (Å²) in [6.45, 7) is 2.43. The number of nitrogens with zero attached hydrogens (tertiary/aromatic N) is 1. The van der Waals surface area contributed by atoms with Crippen molar-refractivity contribution >= 4 is 40.6 Å². The number of anilines is 1. The van der Waals surface area contributed by atoms with Gasteiger partial charge in [0, 0.05) is 18.7 Å². The lowest BCUT2D eigenvalue weighted by Crippen LogP contribution is -2.28. The van der Waals surface area contributed by atoms with Gasteiger partial charge in [-0.2, -0.15) is 0 Å². The topological polar surface area (TPSA) is 103 Å². The Morgan fingerprint density at radius 3 is 2.56 bits per heavy atom. The van der Waals surface area contributed by atoms with E-state index in [9.17, 15) is 14.9 Å². The largest absolute Gasteiger partial charge is 0.493 e. The molecular formula is C17H17Cl2N3O5. The zero-order valence-electron chi connectivity index (χ0n) is 14.5. The molecule has 0 aliphatic carbocycles. The maximum Gasteiger partial charge on any atom is 0.319 e. The van der Waals surface area contributed by atoms with Gasteiger partial charge in [0.25, 0.3) is 5.69 Å². The molecule has 144 valence electrons. The number of ether oxygens (including phenoxy) is 2. The number of nitrogens with one attached hydrogen (secondary N) is 2. The lowest BCUT2D eigenvalue weighted by Gasteiger charge is -2.14. The van der Waals surface area contributed by atoms with Crippen LogP contribution >= 0.6 is 23.2 Å². The first-order valence-electron chi connectivity index (χ1n) is 7.83. The highest BCUT2D eigenvalue weighted by atomic mass is 35.5. The normalized spacial score (nSPS) is 10.2. The van der Waals surface area contributed by atoms with Crippen molar-refractivity contribution in [2.45, 2.75) is 13.5 Å². The molecule has 0 saturated carbocycles. The van der Waals surface area contributed by atoms with Crippen molar-refractivity contribution in [3.05, 3.63) is 56.1 Å². The molecule has 0 aliphatic heterocycles. The van der Waals surface area contributed by atoms with Crippen LogP contribution in [-0.4, -0.2) is 24.7 Å². The molecule has 2 N–H and O–H groups in total. The molecule has 0 aromatic heterocycles. The molecule has 0 fully saturated rings. The van der Waals surface area contributed by atoms with E-state index in [4.69, 9.17) is 32.7 Å². The molecule has 0 unspecified atom stereocenters. The number of carbonyl (C=O) groups excluding carboxylic acids is 1. The molecule has 0 spiro atoms. The van der Waals surface area contributed by atoms with Gasteiger partial charge in [-0.1, -0.05) is 23.2 Å². The molecular weight excluding hydrogens is 397 g/mol. The molecule has 2 aromatic rings. The second-order valence-corrected chi connectivity index (χ2v) is 6.09. The van der Waals surface area contributed by atoms with Gasteiger partial charge in [-0.3, -0.25) is 10.1 Å². The minimum Gasteiger partial charge on any atom is -0.493 e. The van der Waals surface area contributed by atoms with Gasteiger partial charge >= 0.3 is 6.03 Å². The standard InChI is InChI=1S/C17H17Cl2N3O5/c1-3-27-16-13(19)6-10(7-15(16)26-2)9-20-17(23)21-14-5-4-11(22(24)25)8-12(14)18/h4-8H,3,9H2,1-2H3,(H2,20,21,23). The van der Waals surface area contributed by atoms with Gasteiger partial charge in [0.1, 0.15) is 0 Å². The molecule has 0 radical (unpaired) electrons. The maximum absolute atomic E-state index is 12.1. The minimum absolute atomic E-state index is 0.0603. The second kappa shape index (κ2) is 9.29. The lowest BCUT2D eigenvalue weighted by molar-refractivity contribution is -0.384. The van der Waals surface area contributed by atoms with E-state index in [1.54, 1.807) is 12.1 Å². The quantitative estimate of drug-likeness (QED) is 0.508. The molecule has 0 bridgehead atoms. The van der Waals surface area contributed by atoms with Crippen molar-refractivity contribution in [2.75, 3.05) is 19.0 Å². The van der Waals surface area contributed by atoms with Gasteiger partial charge in [0.15, 0.2) is 11.5 Å². The summed E-state index contributed by atoms with van der Waals surface area (Å²) < 4.78 is 10.7. The summed E-state index contributed by atoms with van der Waals surface area (Å²) in [6, 6.07) is 6.60. The van der Waals surface area contributed by atoms with E-state index >= 15 is 0 Å². The fourth-order valence-electron chi connectivity index (χ4n) is 2.23. The van der Waals surface area contributed by atoms with Crippen LogP contribution in [-0.2, 0) is 6.54 Å². The Morgan fingerprint density at radius 2 is 1.96 bits per heavy atom. The number of non-ortho nitro benzene ring substituents is 1. The highest BCUT2D eigenvalue weighted by molar-refractivity contribution is 6.34. The first-order valence-corrected chi connectivity index (χ1v) is 8.59. The number of rotatable bonds is 7. The Balaban J connectivity index is 2.03. The molecule has 0 heterocycles. The first-order chi connectivity index (χ1) is 12.8. The van der Waals surface area contributed by atoms with Crippen LogP contribution in [0.4, 0.5) is 16.2 Å². The summed E-state index contributed by atoms with van der Waals surface area (Å²) in [5.41, 5.74) is 0.786. The van der Waals surface area contributed by atoms with Crippen LogP contribution in [0.15, 0.2) is 30.3 Å². The van der Waals surface area contributed by atoms with Crippen molar-refractivity contribution in [2.24, 2.45) is 0 Å². The van der Waals surface area contributed by atoms with Crippen LogP contribution in [0.1, 0.15) is 12.5 Å². The van der Waals surface area contributed by atoms with E-state index in [0.717, 1.165) is 6.07 Å². The molecule has 0 atom stereocenters. The van der Waals surface area contributed by atoms with Crippen molar-refractivity contribution in [3.63, 3.8) is 0 Å². The summed E-state index contributed by atoms with van der Waals surface area (Å²) in [5.74, 6) is 0.896. The molecule has 2 rings (SSSR count).